The fourth-order valence-electron chi connectivity index (χ4n) is 2.21. The summed E-state index contributed by atoms with van der Waals surface area (Å²) < 4.78 is 6.83. The van der Waals surface area contributed by atoms with Crippen LogP contribution in [0.4, 0.5) is 0 Å². The molecule has 1 aromatic carbocycles. The molecule has 1 heterocycles. The van der Waals surface area contributed by atoms with Gasteiger partial charge in [0.1, 0.15) is 12.4 Å². The van der Waals surface area contributed by atoms with Crippen molar-refractivity contribution in [3.8, 4) is 5.75 Å². The standard InChI is InChI=1S/C14H20BrNO/c15-13-6-5-7-14(12-13)17-11-10-16-8-3-1-2-4-9-16/h5-7,12H,1-4,8-11H2. The molecule has 1 aliphatic heterocycles. The maximum absolute atomic E-state index is 5.76. The Labute approximate surface area is 112 Å². The van der Waals surface area contributed by atoms with E-state index in [1.54, 1.807) is 0 Å². The van der Waals surface area contributed by atoms with E-state index in [0.717, 1.165) is 23.4 Å². The van der Waals surface area contributed by atoms with Crippen LogP contribution in [0.25, 0.3) is 0 Å². The predicted molar refractivity (Wildman–Crippen MR) is 74.5 cm³/mol. The highest BCUT2D eigenvalue weighted by atomic mass is 79.9. The number of hydrogen-bond donors (Lipinski definition) is 0. The summed E-state index contributed by atoms with van der Waals surface area (Å²) in [4.78, 5) is 2.52. The fraction of sp³-hybridized carbons (Fsp3) is 0.571. The molecule has 0 saturated carbocycles. The zero-order valence-electron chi connectivity index (χ0n) is 10.2. The quantitative estimate of drug-likeness (QED) is 0.840. The van der Waals surface area contributed by atoms with Gasteiger partial charge in [-0.3, -0.25) is 4.90 Å². The van der Waals surface area contributed by atoms with Crippen molar-refractivity contribution in [3.63, 3.8) is 0 Å². The highest BCUT2D eigenvalue weighted by molar-refractivity contribution is 9.10. The van der Waals surface area contributed by atoms with Crippen molar-refractivity contribution in [2.45, 2.75) is 25.7 Å². The molecule has 0 amide bonds. The second-order valence-corrected chi connectivity index (χ2v) is 5.48. The Hall–Kier alpha value is -0.540. The van der Waals surface area contributed by atoms with Crippen LogP contribution in [0, 0.1) is 0 Å². The van der Waals surface area contributed by atoms with Crippen molar-refractivity contribution in [2.24, 2.45) is 0 Å². The van der Waals surface area contributed by atoms with Crippen molar-refractivity contribution in [1.82, 2.24) is 4.90 Å². The second-order valence-electron chi connectivity index (χ2n) is 4.56. The fourth-order valence-corrected chi connectivity index (χ4v) is 2.59. The lowest BCUT2D eigenvalue weighted by Crippen LogP contribution is -2.29. The Balaban J connectivity index is 1.71. The van der Waals surface area contributed by atoms with Gasteiger partial charge in [-0.25, -0.2) is 0 Å². The molecule has 1 saturated heterocycles. The summed E-state index contributed by atoms with van der Waals surface area (Å²) in [5.74, 6) is 0.953. The molecular weight excluding hydrogens is 278 g/mol. The van der Waals surface area contributed by atoms with Gasteiger partial charge in [0.25, 0.3) is 0 Å². The van der Waals surface area contributed by atoms with Crippen LogP contribution in [0.1, 0.15) is 25.7 Å². The largest absolute Gasteiger partial charge is 0.492 e. The molecule has 1 fully saturated rings. The Morgan fingerprint density at radius 3 is 2.59 bits per heavy atom. The molecule has 0 N–H and O–H groups in total. The molecule has 0 atom stereocenters. The number of hydrogen-bond acceptors (Lipinski definition) is 2. The van der Waals surface area contributed by atoms with E-state index in [4.69, 9.17) is 4.74 Å². The molecule has 0 aromatic heterocycles. The molecule has 0 unspecified atom stereocenters. The Morgan fingerprint density at radius 1 is 1.12 bits per heavy atom. The summed E-state index contributed by atoms with van der Waals surface area (Å²) in [6.45, 7) is 4.31. The van der Waals surface area contributed by atoms with Gasteiger partial charge < -0.3 is 4.74 Å². The lowest BCUT2D eigenvalue weighted by atomic mass is 10.2. The minimum absolute atomic E-state index is 0.788. The maximum atomic E-state index is 5.76. The Bertz CT molecular complexity index is 335. The van der Waals surface area contributed by atoms with E-state index in [2.05, 4.69) is 20.8 Å². The van der Waals surface area contributed by atoms with E-state index in [0.29, 0.717) is 0 Å². The first-order chi connectivity index (χ1) is 8.34. The van der Waals surface area contributed by atoms with Crippen molar-refractivity contribution >= 4 is 15.9 Å². The Morgan fingerprint density at radius 2 is 1.88 bits per heavy atom. The van der Waals surface area contributed by atoms with E-state index in [1.807, 2.05) is 24.3 Å². The van der Waals surface area contributed by atoms with Gasteiger partial charge in [0.05, 0.1) is 0 Å². The number of likely N-dealkylation sites (tertiary alicyclic amines) is 1. The first kappa shape index (κ1) is 12.9. The van der Waals surface area contributed by atoms with Gasteiger partial charge in [0.2, 0.25) is 0 Å². The average Bonchev–Trinajstić information content (AvgIpc) is 2.58. The summed E-state index contributed by atoms with van der Waals surface area (Å²) in [7, 11) is 0. The van der Waals surface area contributed by atoms with Crippen molar-refractivity contribution in [3.05, 3.63) is 28.7 Å². The highest BCUT2D eigenvalue weighted by Gasteiger charge is 2.08. The monoisotopic (exact) mass is 297 g/mol. The van der Waals surface area contributed by atoms with Crippen LogP contribution in [-0.2, 0) is 0 Å². The van der Waals surface area contributed by atoms with Gasteiger partial charge in [-0.2, -0.15) is 0 Å². The zero-order valence-corrected chi connectivity index (χ0v) is 11.8. The summed E-state index contributed by atoms with van der Waals surface area (Å²) in [6.07, 6.45) is 5.47. The van der Waals surface area contributed by atoms with E-state index in [1.165, 1.54) is 38.8 Å². The van der Waals surface area contributed by atoms with Gasteiger partial charge in [0.15, 0.2) is 0 Å². The van der Waals surface area contributed by atoms with Crippen LogP contribution in [0.5, 0.6) is 5.75 Å². The third-order valence-corrected chi connectivity index (χ3v) is 3.66. The molecule has 94 valence electrons. The first-order valence-electron chi connectivity index (χ1n) is 6.45. The van der Waals surface area contributed by atoms with Crippen molar-refractivity contribution < 1.29 is 4.74 Å². The SMILES string of the molecule is Brc1cccc(OCCN2CCCCCC2)c1. The van der Waals surface area contributed by atoms with Crippen molar-refractivity contribution in [2.75, 3.05) is 26.2 Å². The maximum Gasteiger partial charge on any atom is 0.120 e. The van der Waals surface area contributed by atoms with Gasteiger partial charge in [0, 0.05) is 11.0 Å². The van der Waals surface area contributed by atoms with Crippen LogP contribution in [0.3, 0.4) is 0 Å². The van der Waals surface area contributed by atoms with Gasteiger partial charge >= 0.3 is 0 Å². The summed E-state index contributed by atoms with van der Waals surface area (Å²) in [5.41, 5.74) is 0. The molecule has 2 rings (SSSR count). The van der Waals surface area contributed by atoms with Gasteiger partial charge in [-0.15, -0.1) is 0 Å². The molecule has 0 radical (unpaired) electrons. The topological polar surface area (TPSA) is 12.5 Å². The first-order valence-corrected chi connectivity index (χ1v) is 7.24. The van der Waals surface area contributed by atoms with E-state index in [-0.39, 0.29) is 0 Å². The average molecular weight is 298 g/mol. The molecule has 2 nitrogen and oxygen atoms in total. The second kappa shape index (κ2) is 7.02. The predicted octanol–water partition coefficient (Wildman–Crippen LogP) is 3.70. The van der Waals surface area contributed by atoms with Gasteiger partial charge in [-0.1, -0.05) is 34.8 Å². The minimum atomic E-state index is 0.788. The van der Waals surface area contributed by atoms with Crippen molar-refractivity contribution in [1.29, 1.82) is 0 Å². The zero-order chi connectivity index (χ0) is 11.9. The normalized spacial score (nSPS) is 17.7. The molecule has 0 spiro atoms. The lowest BCUT2D eigenvalue weighted by Gasteiger charge is -2.19. The number of rotatable bonds is 4. The van der Waals surface area contributed by atoms with Crippen LogP contribution < -0.4 is 4.74 Å². The molecule has 0 aliphatic carbocycles. The third kappa shape index (κ3) is 4.68. The highest BCUT2D eigenvalue weighted by Crippen LogP contribution is 2.17. The number of halogens is 1. The van der Waals surface area contributed by atoms with E-state index >= 15 is 0 Å². The van der Waals surface area contributed by atoms with E-state index < -0.39 is 0 Å². The smallest absolute Gasteiger partial charge is 0.120 e. The number of benzene rings is 1. The van der Waals surface area contributed by atoms with Crippen LogP contribution in [-0.4, -0.2) is 31.1 Å². The van der Waals surface area contributed by atoms with Crippen LogP contribution in [0.2, 0.25) is 0 Å². The van der Waals surface area contributed by atoms with E-state index in [9.17, 15) is 0 Å². The van der Waals surface area contributed by atoms with Gasteiger partial charge in [-0.05, 0) is 44.1 Å². The van der Waals surface area contributed by atoms with Crippen LogP contribution >= 0.6 is 15.9 Å². The minimum Gasteiger partial charge on any atom is -0.492 e. The number of nitrogens with zero attached hydrogens (tertiary/aromatic N) is 1. The molecule has 17 heavy (non-hydrogen) atoms. The molecule has 1 aromatic rings. The summed E-state index contributed by atoms with van der Waals surface area (Å²) in [6, 6.07) is 8.04. The molecule has 0 bridgehead atoms. The third-order valence-electron chi connectivity index (χ3n) is 3.17. The summed E-state index contributed by atoms with van der Waals surface area (Å²) in [5, 5.41) is 0. The molecule has 1 aliphatic rings. The molecular formula is C14H20BrNO. The lowest BCUT2D eigenvalue weighted by molar-refractivity contribution is 0.214. The summed E-state index contributed by atoms with van der Waals surface area (Å²) >= 11 is 3.45. The Kier molecular flexibility index (Phi) is 5.33. The molecule has 3 heteroatoms. The van der Waals surface area contributed by atoms with Crippen LogP contribution in [0.15, 0.2) is 28.7 Å². The number of ether oxygens (including phenoxy) is 1.